The molecule has 1 spiro atoms. The van der Waals surface area contributed by atoms with E-state index in [4.69, 9.17) is 10.5 Å². The molecule has 2 aromatic carbocycles. The van der Waals surface area contributed by atoms with Gasteiger partial charge < -0.3 is 25.2 Å². The van der Waals surface area contributed by atoms with E-state index in [1.165, 1.54) is 12.8 Å². The van der Waals surface area contributed by atoms with Crippen LogP contribution in [0.3, 0.4) is 0 Å². The number of piperidine rings is 4. The van der Waals surface area contributed by atoms with E-state index >= 15 is 0 Å². The number of hydrogen-bond acceptors (Lipinski definition) is 10. The normalized spacial score (nSPS) is 22.7. The van der Waals surface area contributed by atoms with Crippen LogP contribution in [0.25, 0.3) is 11.1 Å². The fraction of sp³-hybridized carbons (Fsp3) is 0.513. The average molecular weight is 709 g/mol. The highest BCUT2D eigenvalue weighted by molar-refractivity contribution is 6.23. The van der Waals surface area contributed by atoms with Gasteiger partial charge >= 0.3 is 0 Å². The highest BCUT2D eigenvalue weighted by Crippen LogP contribution is 2.44. The first-order chi connectivity index (χ1) is 25.1. The Morgan fingerprint density at radius 1 is 0.865 bits per heavy atom. The SMILES string of the molecule is COc1cc(N2CCC(CN3CCC4(CC3)CCN(c3ccc5c(c3)C(=O)N(C3CCC(=O)NC3=O)C5=O)CC4)CC2)c(-c2cnn(C)c2)cc1N. The molecule has 6 heterocycles. The van der Waals surface area contributed by atoms with Gasteiger partial charge in [0.25, 0.3) is 11.8 Å². The zero-order chi connectivity index (χ0) is 36.1. The minimum atomic E-state index is -0.952. The minimum absolute atomic E-state index is 0.109. The fourth-order valence-electron chi connectivity index (χ4n) is 9.14. The van der Waals surface area contributed by atoms with Crippen molar-refractivity contribution >= 4 is 40.7 Å². The molecular formula is C39H48N8O5. The molecule has 4 fully saturated rings. The first kappa shape index (κ1) is 34.2. The van der Waals surface area contributed by atoms with Crippen LogP contribution in [0.15, 0.2) is 42.7 Å². The number of imide groups is 2. The van der Waals surface area contributed by atoms with Gasteiger partial charge in [0, 0.05) is 81.0 Å². The van der Waals surface area contributed by atoms with Gasteiger partial charge in [-0.25, -0.2) is 0 Å². The van der Waals surface area contributed by atoms with E-state index in [0.29, 0.717) is 33.9 Å². The smallest absolute Gasteiger partial charge is 0.262 e. The van der Waals surface area contributed by atoms with Crippen molar-refractivity contribution < 1.29 is 23.9 Å². The number of amides is 4. The summed E-state index contributed by atoms with van der Waals surface area (Å²) in [5, 5.41) is 6.65. The number of hydrogen-bond donors (Lipinski definition) is 2. The third kappa shape index (κ3) is 6.29. The number of aryl methyl sites for hydroxylation is 1. The summed E-state index contributed by atoms with van der Waals surface area (Å²) < 4.78 is 7.42. The second-order valence-corrected chi connectivity index (χ2v) is 15.4. The molecule has 0 radical (unpaired) electrons. The maximum atomic E-state index is 13.4. The summed E-state index contributed by atoms with van der Waals surface area (Å²) in [5.74, 6) is -0.509. The molecule has 1 unspecified atom stereocenters. The number of anilines is 3. The zero-order valence-electron chi connectivity index (χ0n) is 30.1. The molecule has 52 heavy (non-hydrogen) atoms. The van der Waals surface area contributed by atoms with Crippen molar-refractivity contribution in [3.63, 3.8) is 0 Å². The van der Waals surface area contributed by atoms with Crippen LogP contribution in [0.2, 0.25) is 0 Å². The topological polar surface area (TPSA) is 146 Å². The number of nitrogens with one attached hydrogen (secondary N) is 1. The molecule has 3 N–H and O–H groups in total. The number of fused-ring (bicyclic) bond motifs is 1. The molecule has 5 aliphatic rings. The molecule has 4 saturated heterocycles. The molecule has 0 bridgehead atoms. The zero-order valence-corrected chi connectivity index (χ0v) is 30.1. The fourth-order valence-corrected chi connectivity index (χ4v) is 9.14. The van der Waals surface area contributed by atoms with Crippen molar-refractivity contribution in [1.82, 2.24) is 24.9 Å². The van der Waals surface area contributed by atoms with Gasteiger partial charge in [-0.1, -0.05) is 0 Å². The molecular weight excluding hydrogens is 660 g/mol. The Morgan fingerprint density at radius 2 is 1.58 bits per heavy atom. The van der Waals surface area contributed by atoms with Gasteiger partial charge in [-0.05, 0) is 93.6 Å². The van der Waals surface area contributed by atoms with Gasteiger partial charge in [-0.2, -0.15) is 5.10 Å². The van der Waals surface area contributed by atoms with Gasteiger partial charge in [-0.3, -0.25) is 34.1 Å². The molecule has 1 aromatic heterocycles. The summed E-state index contributed by atoms with van der Waals surface area (Å²) in [4.78, 5) is 59.1. The number of ether oxygens (including phenoxy) is 1. The van der Waals surface area contributed by atoms with E-state index in [1.54, 1.807) is 13.2 Å². The molecule has 1 atom stereocenters. The third-order valence-electron chi connectivity index (χ3n) is 12.4. The summed E-state index contributed by atoms with van der Waals surface area (Å²) in [5.41, 5.74) is 12.2. The summed E-state index contributed by atoms with van der Waals surface area (Å²) in [6, 6.07) is 8.60. The van der Waals surface area contributed by atoms with Crippen LogP contribution in [-0.4, -0.2) is 102 Å². The van der Waals surface area contributed by atoms with E-state index in [0.717, 1.165) is 98.9 Å². The van der Waals surface area contributed by atoms with Crippen LogP contribution < -0.4 is 25.6 Å². The van der Waals surface area contributed by atoms with Crippen molar-refractivity contribution in [3.05, 3.63) is 53.9 Å². The van der Waals surface area contributed by atoms with Crippen LogP contribution in [-0.2, 0) is 16.6 Å². The van der Waals surface area contributed by atoms with Crippen molar-refractivity contribution in [2.24, 2.45) is 18.4 Å². The first-order valence-corrected chi connectivity index (χ1v) is 18.7. The van der Waals surface area contributed by atoms with Gasteiger partial charge in [0.1, 0.15) is 11.8 Å². The molecule has 274 valence electrons. The molecule has 13 heteroatoms. The summed E-state index contributed by atoms with van der Waals surface area (Å²) in [7, 11) is 3.60. The van der Waals surface area contributed by atoms with Crippen molar-refractivity contribution in [2.75, 3.05) is 68.5 Å². The molecule has 8 rings (SSSR count). The lowest BCUT2D eigenvalue weighted by molar-refractivity contribution is -0.136. The Hall–Kier alpha value is -4.91. The van der Waals surface area contributed by atoms with Crippen LogP contribution in [0.1, 0.15) is 72.1 Å². The maximum absolute atomic E-state index is 13.4. The van der Waals surface area contributed by atoms with Crippen molar-refractivity contribution in [2.45, 2.75) is 57.4 Å². The number of aromatic nitrogens is 2. The quantitative estimate of drug-likeness (QED) is 0.275. The predicted molar refractivity (Wildman–Crippen MR) is 197 cm³/mol. The average Bonchev–Trinajstić information content (AvgIpc) is 3.69. The largest absolute Gasteiger partial charge is 0.495 e. The number of nitrogen functional groups attached to an aromatic ring is 1. The van der Waals surface area contributed by atoms with Gasteiger partial charge in [0.05, 0.1) is 30.1 Å². The standard InChI is InChI=1S/C39H48N8O5/c1-43-24-26(22-41-43)29-20-31(40)34(52-2)21-33(29)46-13-7-25(8-14-46)23-44-15-9-39(10-16-44)11-17-45(18-12-39)27-3-4-28-30(19-27)38(51)47(37(28)50)32-5-6-35(48)42-36(32)49/h3-4,19-22,24-25,32H,5-18,23,40H2,1-2H3,(H,42,48,49). The van der Waals surface area contributed by atoms with Gasteiger partial charge in [0.2, 0.25) is 11.8 Å². The molecule has 5 aliphatic heterocycles. The summed E-state index contributed by atoms with van der Waals surface area (Å²) in [6.07, 6.45) is 11.1. The second kappa shape index (κ2) is 13.6. The van der Waals surface area contributed by atoms with Crippen molar-refractivity contribution in [3.8, 4) is 16.9 Å². The molecule has 3 aromatic rings. The Labute approximate surface area is 304 Å². The van der Waals surface area contributed by atoms with Gasteiger partial charge in [-0.15, -0.1) is 0 Å². The molecule has 0 aliphatic carbocycles. The third-order valence-corrected chi connectivity index (χ3v) is 12.4. The van der Waals surface area contributed by atoms with Crippen LogP contribution in [0.5, 0.6) is 5.75 Å². The Morgan fingerprint density at radius 3 is 2.25 bits per heavy atom. The monoisotopic (exact) mass is 708 g/mol. The highest BCUT2D eigenvalue weighted by Gasteiger charge is 2.45. The second-order valence-electron chi connectivity index (χ2n) is 15.4. The molecule has 4 amide bonds. The van der Waals surface area contributed by atoms with Crippen LogP contribution in [0, 0.1) is 11.3 Å². The maximum Gasteiger partial charge on any atom is 0.262 e. The number of benzene rings is 2. The lowest BCUT2D eigenvalue weighted by atomic mass is 9.71. The Kier molecular flexibility index (Phi) is 8.92. The number of carbonyl (C=O) groups excluding carboxylic acids is 4. The summed E-state index contributed by atoms with van der Waals surface area (Å²) >= 11 is 0. The van der Waals surface area contributed by atoms with E-state index in [1.807, 2.05) is 42.3 Å². The molecule has 13 nitrogen and oxygen atoms in total. The minimum Gasteiger partial charge on any atom is -0.495 e. The van der Waals surface area contributed by atoms with Crippen molar-refractivity contribution in [1.29, 1.82) is 0 Å². The molecule has 0 saturated carbocycles. The van der Waals surface area contributed by atoms with E-state index in [-0.39, 0.29) is 18.7 Å². The lowest BCUT2D eigenvalue weighted by Crippen LogP contribution is -2.54. The van der Waals surface area contributed by atoms with E-state index in [9.17, 15) is 19.2 Å². The van der Waals surface area contributed by atoms with Gasteiger partial charge in [0.15, 0.2) is 0 Å². The number of carbonyl (C=O) groups is 4. The number of nitrogens with zero attached hydrogens (tertiary/aromatic N) is 6. The number of methoxy groups -OCH3 is 1. The number of nitrogens with two attached hydrogens (primary N) is 1. The lowest BCUT2D eigenvalue weighted by Gasteiger charge is -2.48. The van der Waals surface area contributed by atoms with Crippen LogP contribution in [0.4, 0.5) is 17.1 Å². The van der Waals surface area contributed by atoms with Crippen LogP contribution >= 0.6 is 0 Å². The number of rotatable bonds is 7. The van der Waals surface area contributed by atoms with E-state index < -0.39 is 23.8 Å². The predicted octanol–water partition coefficient (Wildman–Crippen LogP) is 3.68. The van der Waals surface area contributed by atoms with E-state index in [2.05, 4.69) is 31.2 Å². The first-order valence-electron chi connectivity index (χ1n) is 18.7. The summed E-state index contributed by atoms with van der Waals surface area (Å²) in [6.45, 7) is 7.22. The highest BCUT2D eigenvalue weighted by atomic mass is 16.5. The Balaban J connectivity index is 0.833. The number of likely N-dealkylation sites (tertiary alicyclic amines) is 1. The Bertz CT molecular complexity index is 1900.